The fourth-order valence-electron chi connectivity index (χ4n) is 1.44. The maximum Gasteiger partial charge on any atom is 0.123 e. The number of aliphatic hydroxyl groups excluding tert-OH is 1. The van der Waals surface area contributed by atoms with Gasteiger partial charge in [0.15, 0.2) is 0 Å². The van der Waals surface area contributed by atoms with Crippen molar-refractivity contribution >= 4 is 0 Å². The van der Waals surface area contributed by atoms with Crippen molar-refractivity contribution in [3.63, 3.8) is 0 Å². The predicted octanol–water partition coefficient (Wildman–Crippen LogP) is 1.17. The highest BCUT2D eigenvalue weighted by Crippen LogP contribution is 2.23. The van der Waals surface area contributed by atoms with E-state index in [9.17, 15) is 0 Å². The summed E-state index contributed by atoms with van der Waals surface area (Å²) in [4.78, 5) is 0. The molecule has 0 aliphatic rings. The fourth-order valence-corrected chi connectivity index (χ4v) is 1.44. The summed E-state index contributed by atoms with van der Waals surface area (Å²) in [6, 6.07) is 5.66. The van der Waals surface area contributed by atoms with Gasteiger partial charge in [0.05, 0.1) is 20.3 Å². The van der Waals surface area contributed by atoms with E-state index in [0.29, 0.717) is 13.1 Å². The van der Waals surface area contributed by atoms with Crippen LogP contribution in [0.15, 0.2) is 18.2 Å². The highest BCUT2D eigenvalue weighted by atomic mass is 16.5. The molecule has 1 atom stereocenters. The second-order valence-electron chi connectivity index (χ2n) is 3.66. The molecule has 1 aromatic rings. The van der Waals surface area contributed by atoms with Gasteiger partial charge in [0.1, 0.15) is 11.5 Å². The molecule has 16 heavy (non-hydrogen) atoms. The Bertz CT molecular complexity index is 326. The van der Waals surface area contributed by atoms with Gasteiger partial charge in [-0.15, -0.1) is 0 Å². The highest BCUT2D eigenvalue weighted by molar-refractivity contribution is 5.40. The maximum absolute atomic E-state index is 9.14. The molecule has 0 saturated heterocycles. The molecule has 0 spiro atoms. The molecule has 1 aromatic carbocycles. The number of nitrogens with one attached hydrogen (secondary N) is 1. The molecule has 2 N–H and O–H groups in total. The lowest BCUT2D eigenvalue weighted by atomic mass is 10.2. The predicted molar refractivity (Wildman–Crippen MR) is 62.9 cm³/mol. The van der Waals surface area contributed by atoms with Gasteiger partial charge in [0.2, 0.25) is 0 Å². The number of methoxy groups -OCH3 is 2. The SMILES string of the molecule is COc1ccc(OC)c(CNCC(C)O)c1. The molecule has 4 heteroatoms. The van der Waals surface area contributed by atoms with E-state index < -0.39 is 0 Å². The van der Waals surface area contributed by atoms with Crippen LogP contribution in [0.5, 0.6) is 11.5 Å². The smallest absolute Gasteiger partial charge is 0.123 e. The molecule has 1 rings (SSSR count). The second-order valence-corrected chi connectivity index (χ2v) is 3.66. The van der Waals surface area contributed by atoms with Gasteiger partial charge in [-0.05, 0) is 25.1 Å². The minimum absolute atomic E-state index is 0.350. The van der Waals surface area contributed by atoms with Gasteiger partial charge < -0.3 is 19.9 Å². The van der Waals surface area contributed by atoms with Crippen LogP contribution in [-0.4, -0.2) is 32.0 Å². The first-order chi connectivity index (χ1) is 7.67. The normalized spacial score (nSPS) is 12.2. The summed E-state index contributed by atoms with van der Waals surface area (Å²) in [6.07, 6.45) is -0.350. The van der Waals surface area contributed by atoms with E-state index in [0.717, 1.165) is 17.1 Å². The number of rotatable bonds is 6. The quantitative estimate of drug-likeness (QED) is 0.763. The van der Waals surface area contributed by atoms with Crippen molar-refractivity contribution < 1.29 is 14.6 Å². The fraction of sp³-hybridized carbons (Fsp3) is 0.500. The Labute approximate surface area is 96.2 Å². The van der Waals surface area contributed by atoms with Crippen molar-refractivity contribution in [3.8, 4) is 11.5 Å². The van der Waals surface area contributed by atoms with Gasteiger partial charge in [-0.25, -0.2) is 0 Å². The minimum atomic E-state index is -0.350. The Morgan fingerprint density at radius 3 is 2.62 bits per heavy atom. The van der Waals surface area contributed by atoms with E-state index in [-0.39, 0.29) is 6.10 Å². The molecule has 90 valence electrons. The largest absolute Gasteiger partial charge is 0.497 e. The average Bonchev–Trinajstić information content (AvgIpc) is 2.28. The first-order valence-electron chi connectivity index (χ1n) is 5.27. The van der Waals surface area contributed by atoms with Crippen LogP contribution in [0.3, 0.4) is 0 Å². The molecule has 0 fully saturated rings. The van der Waals surface area contributed by atoms with Crippen LogP contribution >= 0.6 is 0 Å². The molecule has 0 aliphatic heterocycles. The first kappa shape index (κ1) is 12.8. The van der Waals surface area contributed by atoms with Crippen molar-refractivity contribution in [2.45, 2.75) is 19.6 Å². The van der Waals surface area contributed by atoms with E-state index in [1.807, 2.05) is 18.2 Å². The van der Waals surface area contributed by atoms with Crippen LogP contribution in [0.4, 0.5) is 0 Å². The third kappa shape index (κ3) is 3.72. The van der Waals surface area contributed by atoms with Crippen molar-refractivity contribution in [2.75, 3.05) is 20.8 Å². The van der Waals surface area contributed by atoms with E-state index >= 15 is 0 Å². The maximum atomic E-state index is 9.14. The monoisotopic (exact) mass is 225 g/mol. The van der Waals surface area contributed by atoms with Crippen LogP contribution in [0.2, 0.25) is 0 Å². The Kier molecular flexibility index (Phi) is 5.08. The molecular formula is C12H19NO3. The summed E-state index contributed by atoms with van der Waals surface area (Å²) >= 11 is 0. The van der Waals surface area contributed by atoms with Crippen molar-refractivity contribution in [2.24, 2.45) is 0 Å². The summed E-state index contributed by atoms with van der Waals surface area (Å²) in [5, 5.41) is 12.3. The molecule has 1 unspecified atom stereocenters. The summed E-state index contributed by atoms with van der Waals surface area (Å²) in [5.74, 6) is 1.62. The average molecular weight is 225 g/mol. The zero-order valence-electron chi connectivity index (χ0n) is 9.99. The van der Waals surface area contributed by atoms with Gasteiger partial charge >= 0.3 is 0 Å². The standard InChI is InChI=1S/C12H19NO3/c1-9(14)7-13-8-10-6-11(15-2)4-5-12(10)16-3/h4-6,9,13-14H,7-8H2,1-3H3. The zero-order chi connectivity index (χ0) is 12.0. The second kappa shape index (κ2) is 6.35. The van der Waals surface area contributed by atoms with E-state index in [1.165, 1.54) is 0 Å². The molecule has 0 radical (unpaired) electrons. The van der Waals surface area contributed by atoms with Crippen molar-refractivity contribution in [1.82, 2.24) is 5.32 Å². The third-order valence-corrected chi connectivity index (χ3v) is 2.24. The van der Waals surface area contributed by atoms with E-state index in [1.54, 1.807) is 21.1 Å². The summed E-state index contributed by atoms with van der Waals surface area (Å²) in [6.45, 7) is 2.95. The summed E-state index contributed by atoms with van der Waals surface area (Å²) < 4.78 is 10.4. The van der Waals surface area contributed by atoms with E-state index in [2.05, 4.69) is 5.32 Å². The zero-order valence-corrected chi connectivity index (χ0v) is 9.99. The lowest BCUT2D eigenvalue weighted by Crippen LogP contribution is -2.24. The number of hydrogen-bond donors (Lipinski definition) is 2. The highest BCUT2D eigenvalue weighted by Gasteiger charge is 2.05. The number of hydrogen-bond acceptors (Lipinski definition) is 4. The van der Waals surface area contributed by atoms with E-state index in [4.69, 9.17) is 14.6 Å². The van der Waals surface area contributed by atoms with Gasteiger partial charge in [0.25, 0.3) is 0 Å². The van der Waals surface area contributed by atoms with Crippen LogP contribution < -0.4 is 14.8 Å². The molecule has 0 bridgehead atoms. The Morgan fingerprint density at radius 2 is 2.06 bits per heavy atom. The van der Waals surface area contributed by atoms with Gasteiger partial charge in [0, 0.05) is 18.7 Å². The lowest BCUT2D eigenvalue weighted by Gasteiger charge is -2.12. The number of ether oxygens (including phenoxy) is 2. The number of aliphatic hydroxyl groups is 1. The molecule has 4 nitrogen and oxygen atoms in total. The Hall–Kier alpha value is -1.26. The molecule has 0 amide bonds. The van der Waals surface area contributed by atoms with Crippen molar-refractivity contribution in [1.29, 1.82) is 0 Å². The first-order valence-corrected chi connectivity index (χ1v) is 5.27. The Balaban J connectivity index is 2.67. The molecule has 0 aromatic heterocycles. The molecule has 0 aliphatic carbocycles. The summed E-state index contributed by atoms with van der Waals surface area (Å²) in [7, 11) is 3.27. The van der Waals surface area contributed by atoms with Gasteiger partial charge in [-0.3, -0.25) is 0 Å². The number of benzene rings is 1. The van der Waals surface area contributed by atoms with Crippen LogP contribution in [0.1, 0.15) is 12.5 Å². The van der Waals surface area contributed by atoms with Crippen LogP contribution in [0, 0.1) is 0 Å². The Morgan fingerprint density at radius 1 is 1.31 bits per heavy atom. The summed E-state index contributed by atoms with van der Waals surface area (Å²) in [5.41, 5.74) is 1.02. The molecular weight excluding hydrogens is 206 g/mol. The van der Waals surface area contributed by atoms with Gasteiger partial charge in [-0.2, -0.15) is 0 Å². The van der Waals surface area contributed by atoms with Crippen LogP contribution in [-0.2, 0) is 6.54 Å². The minimum Gasteiger partial charge on any atom is -0.497 e. The molecule has 0 saturated carbocycles. The third-order valence-electron chi connectivity index (χ3n) is 2.24. The topological polar surface area (TPSA) is 50.7 Å². The van der Waals surface area contributed by atoms with Crippen molar-refractivity contribution in [3.05, 3.63) is 23.8 Å². The molecule has 0 heterocycles. The van der Waals surface area contributed by atoms with Gasteiger partial charge in [-0.1, -0.05) is 0 Å². The van der Waals surface area contributed by atoms with Crippen LogP contribution in [0.25, 0.3) is 0 Å². The lowest BCUT2D eigenvalue weighted by molar-refractivity contribution is 0.191.